The molecule has 2 aromatic rings. The van der Waals surface area contributed by atoms with E-state index in [1.54, 1.807) is 12.1 Å². The lowest BCUT2D eigenvalue weighted by molar-refractivity contribution is 0.0697. The lowest BCUT2D eigenvalue weighted by atomic mass is 9.98. The van der Waals surface area contributed by atoms with Crippen LogP contribution < -0.4 is 5.32 Å². The van der Waals surface area contributed by atoms with Crippen LogP contribution in [0.15, 0.2) is 24.3 Å². The SMILES string of the molecule is CCCCc1nc(Cl)c(CNCC(CS)C(C)C)n1Cc1ccc(C(=O)O)cc1. The van der Waals surface area contributed by atoms with Crippen molar-refractivity contribution in [2.75, 3.05) is 12.3 Å². The van der Waals surface area contributed by atoms with Crippen LogP contribution in [0.25, 0.3) is 0 Å². The molecule has 160 valence electrons. The minimum atomic E-state index is -0.917. The van der Waals surface area contributed by atoms with Crippen molar-refractivity contribution in [3.63, 3.8) is 0 Å². The average Bonchev–Trinajstić information content (AvgIpc) is 2.98. The van der Waals surface area contributed by atoms with E-state index in [2.05, 4.69) is 48.3 Å². The first-order chi connectivity index (χ1) is 13.9. The number of imidazole rings is 1. The number of carboxylic acid groups (broad SMARTS) is 1. The molecule has 29 heavy (non-hydrogen) atoms. The molecule has 2 rings (SSSR count). The highest BCUT2D eigenvalue weighted by Gasteiger charge is 2.17. The molecular weight excluding hydrogens is 406 g/mol. The Labute approximate surface area is 184 Å². The smallest absolute Gasteiger partial charge is 0.335 e. The average molecular weight is 438 g/mol. The summed E-state index contributed by atoms with van der Waals surface area (Å²) in [6.45, 7) is 8.72. The monoisotopic (exact) mass is 437 g/mol. The molecule has 7 heteroatoms. The maximum atomic E-state index is 11.1. The Bertz CT molecular complexity index is 790. The maximum absolute atomic E-state index is 11.1. The van der Waals surface area contributed by atoms with Crippen molar-refractivity contribution >= 4 is 30.2 Å². The van der Waals surface area contributed by atoms with Gasteiger partial charge in [0.2, 0.25) is 0 Å². The summed E-state index contributed by atoms with van der Waals surface area (Å²) < 4.78 is 2.17. The molecule has 0 fully saturated rings. The molecule has 1 unspecified atom stereocenters. The fourth-order valence-electron chi connectivity index (χ4n) is 3.21. The number of benzene rings is 1. The van der Waals surface area contributed by atoms with Crippen molar-refractivity contribution in [1.82, 2.24) is 14.9 Å². The second-order valence-corrected chi connectivity index (χ2v) is 8.50. The maximum Gasteiger partial charge on any atom is 0.335 e. The van der Waals surface area contributed by atoms with Crippen LogP contribution in [-0.2, 0) is 19.5 Å². The quantitative estimate of drug-likeness (QED) is 0.412. The number of unbranched alkanes of at least 4 members (excludes halogenated alkanes) is 1. The molecule has 0 saturated carbocycles. The number of aromatic carboxylic acids is 1. The van der Waals surface area contributed by atoms with E-state index in [-0.39, 0.29) is 5.56 Å². The minimum Gasteiger partial charge on any atom is -0.478 e. The van der Waals surface area contributed by atoms with Gasteiger partial charge in [-0.15, -0.1) is 0 Å². The van der Waals surface area contributed by atoms with E-state index in [1.807, 2.05) is 12.1 Å². The number of carboxylic acids is 1. The number of nitrogens with zero attached hydrogens (tertiary/aromatic N) is 2. The summed E-state index contributed by atoms with van der Waals surface area (Å²) in [7, 11) is 0. The second-order valence-electron chi connectivity index (χ2n) is 7.77. The largest absolute Gasteiger partial charge is 0.478 e. The number of hydrogen-bond donors (Lipinski definition) is 3. The van der Waals surface area contributed by atoms with Crippen LogP contribution in [0.4, 0.5) is 0 Å². The van der Waals surface area contributed by atoms with Gasteiger partial charge in [0.1, 0.15) is 5.82 Å². The van der Waals surface area contributed by atoms with Gasteiger partial charge in [0, 0.05) is 19.5 Å². The molecule has 0 aliphatic carbocycles. The molecule has 5 nitrogen and oxygen atoms in total. The standard InChI is InChI=1S/C22H32ClN3O2S/c1-4-5-6-20-25-21(23)19(12-24-11-18(14-29)15(2)3)26(20)13-16-7-9-17(10-8-16)22(27)28/h7-10,15,18,24,29H,4-6,11-14H2,1-3H3,(H,27,28). The number of aryl methyl sites for hydroxylation is 1. The molecule has 1 aromatic heterocycles. The predicted octanol–water partition coefficient (Wildman–Crippen LogP) is 4.92. The van der Waals surface area contributed by atoms with E-state index in [0.29, 0.717) is 30.1 Å². The summed E-state index contributed by atoms with van der Waals surface area (Å²) in [6.07, 6.45) is 3.01. The normalized spacial score (nSPS) is 12.5. The first-order valence-electron chi connectivity index (χ1n) is 10.2. The molecule has 0 bridgehead atoms. The van der Waals surface area contributed by atoms with Gasteiger partial charge in [-0.2, -0.15) is 12.6 Å². The molecule has 0 saturated heterocycles. The van der Waals surface area contributed by atoms with Crippen molar-refractivity contribution in [3.8, 4) is 0 Å². The first-order valence-corrected chi connectivity index (χ1v) is 11.3. The van der Waals surface area contributed by atoms with E-state index in [4.69, 9.17) is 16.7 Å². The number of thiol groups is 1. The molecule has 0 radical (unpaired) electrons. The van der Waals surface area contributed by atoms with Crippen LogP contribution in [0.5, 0.6) is 0 Å². The van der Waals surface area contributed by atoms with Gasteiger partial charge in [0.05, 0.1) is 11.3 Å². The van der Waals surface area contributed by atoms with Gasteiger partial charge >= 0.3 is 5.97 Å². The Morgan fingerprint density at radius 2 is 2.00 bits per heavy atom. The Morgan fingerprint density at radius 3 is 2.55 bits per heavy atom. The van der Waals surface area contributed by atoms with Gasteiger partial charge in [-0.3, -0.25) is 0 Å². The molecule has 0 aliphatic heterocycles. The second kappa shape index (κ2) is 11.6. The summed E-state index contributed by atoms with van der Waals surface area (Å²) in [5, 5.41) is 13.2. The highest BCUT2D eigenvalue weighted by atomic mass is 35.5. The van der Waals surface area contributed by atoms with Crippen molar-refractivity contribution in [2.24, 2.45) is 11.8 Å². The molecular formula is C22H32ClN3O2S. The summed E-state index contributed by atoms with van der Waals surface area (Å²) in [6, 6.07) is 6.99. The van der Waals surface area contributed by atoms with Crippen LogP contribution >= 0.6 is 24.2 Å². The third kappa shape index (κ3) is 6.76. The Morgan fingerprint density at radius 1 is 1.31 bits per heavy atom. The van der Waals surface area contributed by atoms with Gasteiger partial charge in [0.15, 0.2) is 5.15 Å². The fraction of sp³-hybridized carbons (Fsp3) is 0.545. The van der Waals surface area contributed by atoms with Crippen molar-refractivity contribution in [2.45, 2.75) is 53.1 Å². The molecule has 2 N–H and O–H groups in total. The Kier molecular flexibility index (Phi) is 9.53. The molecule has 1 aromatic carbocycles. The zero-order valence-corrected chi connectivity index (χ0v) is 19.1. The van der Waals surface area contributed by atoms with Gasteiger partial charge in [-0.1, -0.05) is 50.9 Å². The van der Waals surface area contributed by atoms with Crippen LogP contribution in [0.2, 0.25) is 5.15 Å². The van der Waals surface area contributed by atoms with E-state index in [1.165, 1.54) is 0 Å². The van der Waals surface area contributed by atoms with E-state index in [9.17, 15) is 4.79 Å². The number of aromatic nitrogens is 2. The van der Waals surface area contributed by atoms with Crippen LogP contribution in [0, 0.1) is 11.8 Å². The highest BCUT2D eigenvalue weighted by molar-refractivity contribution is 7.80. The molecule has 0 spiro atoms. The van der Waals surface area contributed by atoms with Gasteiger partial charge in [-0.25, -0.2) is 9.78 Å². The summed E-state index contributed by atoms with van der Waals surface area (Å²) in [5.41, 5.74) is 2.29. The molecule has 0 amide bonds. The molecule has 1 atom stereocenters. The number of carbonyl (C=O) groups is 1. The van der Waals surface area contributed by atoms with E-state index in [0.717, 1.165) is 48.6 Å². The zero-order valence-electron chi connectivity index (χ0n) is 17.5. The molecule has 1 heterocycles. The number of hydrogen-bond acceptors (Lipinski definition) is 4. The number of nitrogens with one attached hydrogen (secondary N) is 1. The first kappa shape index (κ1) is 23.8. The number of rotatable bonds is 12. The molecule has 0 aliphatic rings. The summed E-state index contributed by atoms with van der Waals surface area (Å²) in [5.74, 6) is 1.96. The minimum absolute atomic E-state index is 0.289. The topological polar surface area (TPSA) is 67.2 Å². The third-order valence-corrected chi connectivity index (χ3v) is 6.05. The van der Waals surface area contributed by atoms with Crippen molar-refractivity contribution in [3.05, 3.63) is 52.1 Å². The van der Waals surface area contributed by atoms with Crippen LogP contribution in [0.3, 0.4) is 0 Å². The summed E-state index contributed by atoms with van der Waals surface area (Å²) in [4.78, 5) is 15.7. The third-order valence-electron chi connectivity index (χ3n) is 5.27. The van der Waals surface area contributed by atoms with Crippen molar-refractivity contribution < 1.29 is 9.90 Å². The van der Waals surface area contributed by atoms with Gasteiger partial charge < -0.3 is 15.0 Å². The van der Waals surface area contributed by atoms with Gasteiger partial charge in [0.25, 0.3) is 0 Å². The predicted molar refractivity (Wildman–Crippen MR) is 122 cm³/mol. The van der Waals surface area contributed by atoms with Crippen LogP contribution in [-0.4, -0.2) is 32.9 Å². The fourth-order valence-corrected chi connectivity index (χ4v) is 4.03. The highest BCUT2D eigenvalue weighted by Crippen LogP contribution is 2.21. The zero-order chi connectivity index (χ0) is 21.4. The van der Waals surface area contributed by atoms with Crippen LogP contribution in [0.1, 0.15) is 61.1 Å². The van der Waals surface area contributed by atoms with E-state index >= 15 is 0 Å². The summed E-state index contributed by atoms with van der Waals surface area (Å²) >= 11 is 11.0. The van der Waals surface area contributed by atoms with Gasteiger partial charge in [-0.05, 0) is 48.3 Å². The number of halogens is 1. The Balaban J connectivity index is 2.21. The lowest BCUT2D eigenvalue weighted by Crippen LogP contribution is -2.28. The lowest BCUT2D eigenvalue weighted by Gasteiger charge is -2.19. The van der Waals surface area contributed by atoms with E-state index < -0.39 is 5.97 Å². The Hall–Kier alpha value is -1.50. The van der Waals surface area contributed by atoms with Crippen molar-refractivity contribution in [1.29, 1.82) is 0 Å².